The number of carbonyl (C=O) groups is 1. The van der Waals surface area contributed by atoms with Gasteiger partial charge in [-0.25, -0.2) is 4.98 Å². The first-order valence-corrected chi connectivity index (χ1v) is 9.20. The molecule has 5 nitrogen and oxygen atoms in total. The molecule has 0 spiro atoms. The van der Waals surface area contributed by atoms with E-state index in [-0.39, 0.29) is 17.2 Å². The van der Waals surface area contributed by atoms with Gasteiger partial charge in [0.15, 0.2) is 5.16 Å². The Hall–Kier alpha value is -2.60. The van der Waals surface area contributed by atoms with Crippen molar-refractivity contribution in [1.29, 1.82) is 0 Å². The molecule has 0 bridgehead atoms. The first-order chi connectivity index (χ1) is 12.2. The molecule has 3 aromatic rings. The van der Waals surface area contributed by atoms with Gasteiger partial charge in [-0.15, -0.1) is 0 Å². The van der Waals surface area contributed by atoms with Crippen LogP contribution in [-0.2, 0) is 4.79 Å². The SMILES string of the molecule is O=C(CSc1nc2ccccc2c(=O)n1-c1ccccc1)NC1CC1. The van der Waals surface area contributed by atoms with Crippen LogP contribution < -0.4 is 10.9 Å². The second-order valence-corrected chi connectivity index (χ2v) is 6.96. The van der Waals surface area contributed by atoms with E-state index >= 15 is 0 Å². The van der Waals surface area contributed by atoms with Crippen LogP contribution in [0.25, 0.3) is 16.6 Å². The second-order valence-electron chi connectivity index (χ2n) is 6.02. The topological polar surface area (TPSA) is 64.0 Å². The van der Waals surface area contributed by atoms with Gasteiger partial charge < -0.3 is 5.32 Å². The lowest BCUT2D eigenvalue weighted by atomic mass is 10.2. The summed E-state index contributed by atoms with van der Waals surface area (Å²) in [5.41, 5.74) is 1.27. The van der Waals surface area contributed by atoms with E-state index in [1.54, 1.807) is 10.6 Å². The molecule has 1 heterocycles. The lowest BCUT2D eigenvalue weighted by molar-refractivity contribution is -0.118. The third kappa shape index (κ3) is 3.44. The van der Waals surface area contributed by atoms with Gasteiger partial charge in [-0.05, 0) is 37.1 Å². The second kappa shape index (κ2) is 6.72. The molecule has 2 aromatic carbocycles. The Kier molecular flexibility index (Phi) is 4.28. The summed E-state index contributed by atoms with van der Waals surface area (Å²) in [6, 6.07) is 17.0. The summed E-state index contributed by atoms with van der Waals surface area (Å²) in [7, 11) is 0. The van der Waals surface area contributed by atoms with E-state index in [2.05, 4.69) is 10.3 Å². The van der Waals surface area contributed by atoms with Gasteiger partial charge in [-0.2, -0.15) is 0 Å². The van der Waals surface area contributed by atoms with E-state index < -0.39 is 0 Å². The molecule has 1 N–H and O–H groups in total. The van der Waals surface area contributed by atoms with Gasteiger partial charge in [0.1, 0.15) is 0 Å². The van der Waals surface area contributed by atoms with Crippen molar-refractivity contribution in [1.82, 2.24) is 14.9 Å². The minimum atomic E-state index is -0.123. The standard InChI is InChI=1S/C19H17N3O2S/c23-17(20-13-10-11-13)12-25-19-21-16-9-5-4-8-15(16)18(24)22(19)14-6-2-1-3-7-14/h1-9,13H,10-12H2,(H,20,23). The third-order valence-electron chi connectivity index (χ3n) is 4.03. The van der Waals surface area contributed by atoms with Gasteiger partial charge in [0.25, 0.3) is 5.56 Å². The molecule has 6 heteroatoms. The lowest BCUT2D eigenvalue weighted by Crippen LogP contribution is -2.28. The number of thioether (sulfide) groups is 1. The van der Waals surface area contributed by atoms with Gasteiger partial charge in [-0.1, -0.05) is 42.1 Å². The molecule has 0 unspecified atom stereocenters. The fourth-order valence-corrected chi connectivity index (χ4v) is 3.46. The van der Waals surface area contributed by atoms with Crippen LogP contribution in [0.15, 0.2) is 64.5 Å². The van der Waals surface area contributed by atoms with Gasteiger partial charge in [0.05, 0.1) is 22.3 Å². The minimum absolute atomic E-state index is 0.0190. The molecule has 1 aliphatic rings. The number of benzene rings is 2. The lowest BCUT2D eigenvalue weighted by Gasteiger charge is -2.13. The molecule has 1 aliphatic carbocycles. The Balaban J connectivity index is 1.75. The highest BCUT2D eigenvalue weighted by atomic mass is 32.2. The summed E-state index contributed by atoms with van der Waals surface area (Å²) in [6.07, 6.45) is 2.11. The summed E-state index contributed by atoms with van der Waals surface area (Å²) < 4.78 is 1.58. The Labute approximate surface area is 149 Å². The number of hydrogen-bond donors (Lipinski definition) is 1. The largest absolute Gasteiger partial charge is 0.353 e. The fourth-order valence-electron chi connectivity index (χ4n) is 2.64. The van der Waals surface area contributed by atoms with Gasteiger partial charge >= 0.3 is 0 Å². The predicted octanol–water partition coefficient (Wildman–Crippen LogP) is 2.76. The predicted molar refractivity (Wildman–Crippen MR) is 99.2 cm³/mol. The van der Waals surface area contributed by atoms with Crippen molar-refractivity contribution in [3.05, 3.63) is 65.0 Å². The molecular formula is C19H17N3O2S. The van der Waals surface area contributed by atoms with E-state index in [1.165, 1.54) is 11.8 Å². The zero-order valence-electron chi connectivity index (χ0n) is 13.5. The average Bonchev–Trinajstić information content (AvgIpc) is 3.45. The molecule has 1 fully saturated rings. The van der Waals surface area contributed by atoms with Crippen LogP contribution in [0.4, 0.5) is 0 Å². The normalized spacial score (nSPS) is 13.8. The highest BCUT2D eigenvalue weighted by Crippen LogP contribution is 2.22. The molecule has 0 saturated heterocycles. The van der Waals surface area contributed by atoms with Gasteiger partial charge in [0.2, 0.25) is 5.91 Å². The number of amides is 1. The molecule has 0 radical (unpaired) electrons. The zero-order chi connectivity index (χ0) is 17.2. The number of rotatable bonds is 5. The average molecular weight is 351 g/mol. The molecule has 25 heavy (non-hydrogen) atoms. The number of aromatic nitrogens is 2. The van der Waals surface area contributed by atoms with E-state index in [4.69, 9.17) is 0 Å². The molecule has 4 rings (SSSR count). The highest BCUT2D eigenvalue weighted by Gasteiger charge is 2.23. The number of hydrogen-bond acceptors (Lipinski definition) is 4. The van der Waals surface area contributed by atoms with Gasteiger partial charge in [0, 0.05) is 6.04 Å². The van der Waals surface area contributed by atoms with Crippen LogP contribution >= 0.6 is 11.8 Å². The molecule has 0 aliphatic heterocycles. The van der Waals surface area contributed by atoms with Crippen LogP contribution in [-0.4, -0.2) is 27.3 Å². The van der Waals surface area contributed by atoms with Crippen molar-refractivity contribution in [3.8, 4) is 5.69 Å². The number of nitrogens with zero attached hydrogens (tertiary/aromatic N) is 2. The fraction of sp³-hybridized carbons (Fsp3) is 0.211. The van der Waals surface area contributed by atoms with Crippen molar-refractivity contribution >= 4 is 28.6 Å². The maximum atomic E-state index is 13.0. The van der Waals surface area contributed by atoms with Crippen LogP contribution in [0.3, 0.4) is 0 Å². The zero-order valence-corrected chi connectivity index (χ0v) is 14.3. The van der Waals surface area contributed by atoms with E-state index in [0.29, 0.717) is 22.1 Å². The summed E-state index contributed by atoms with van der Waals surface area (Å²) in [6.45, 7) is 0. The van der Waals surface area contributed by atoms with Crippen LogP contribution in [0.1, 0.15) is 12.8 Å². The van der Waals surface area contributed by atoms with Crippen molar-refractivity contribution in [2.24, 2.45) is 0 Å². The molecule has 1 aromatic heterocycles. The molecule has 126 valence electrons. The summed E-state index contributed by atoms with van der Waals surface area (Å²) >= 11 is 1.29. The number of carbonyl (C=O) groups excluding carboxylic acids is 1. The van der Waals surface area contributed by atoms with E-state index in [1.807, 2.05) is 48.5 Å². The maximum Gasteiger partial charge on any atom is 0.266 e. The Morgan fingerprint density at radius 1 is 1.12 bits per heavy atom. The maximum absolute atomic E-state index is 13.0. The van der Waals surface area contributed by atoms with Crippen LogP contribution in [0.2, 0.25) is 0 Å². The smallest absolute Gasteiger partial charge is 0.266 e. The van der Waals surface area contributed by atoms with Crippen LogP contribution in [0.5, 0.6) is 0 Å². The first-order valence-electron chi connectivity index (χ1n) is 8.22. The summed E-state index contributed by atoms with van der Waals surface area (Å²) in [4.78, 5) is 29.6. The van der Waals surface area contributed by atoms with Crippen molar-refractivity contribution in [3.63, 3.8) is 0 Å². The first kappa shape index (κ1) is 15.9. The summed E-state index contributed by atoms with van der Waals surface area (Å²) in [5, 5.41) is 4.06. The molecule has 1 saturated carbocycles. The Morgan fingerprint density at radius 3 is 2.60 bits per heavy atom. The van der Waals surface area contributed by atoms with Crippen molar-refractivity contribution in [2.75, 3.05) is 5.75 Å². The molecular weight excluding hydrogens is 334 g/mol. The Morgan fingerprint density at radius 2 is 1.84 bits per heavy atom. The minimum Gasteiger partial charge on any atom is -0.353 e. The van der Waals surface area contributed by atoms with E-state index in [0.717, 1.165) is 18.5 Å². The Bertz CT molecular complexity index is 981. The van der Waals surface area contributed by atoms with Crippen LogP contribution in [0, 0.1) is 0 Å². The number of para-hydroxylation sites is 2. The quantitative estimate of drug-likeness (QED) is 0.567. The van der Waals surface area contributed by atoms with E-state index in [9.17, 15) is 9.59 Å². The number of nitrogens with one attached hydrogen (secondary N) is 1. The monoisotopic (exact) mass is 351 g/mol. The highest BCUT2D eigenvalue weighted by molar-refractivity contribution is 7.99. The molecule has 0 atom stereocenters. The third-order valence-corrected chi connectivity index (χ3v) is 4.97. The van der Waals surface area contributed by atoms with Gasteiger partial charge in [-0.3, -0.25) is 14.2 Å². The number of fused-ring (bicyclic) bond motifs is 1. The summed E-state index contributed by atoms with van der Waals surface area (Å²) in [5.74, 6) is 0.225. The molecule has 1 amide bonds. The van der Waals surface area contributed by atoms with Crippen molar-refractivity contribution < 1.29 is 4.79 Å². The van der Waals surface area contributed by atoms with Crippen molar-refractivity contribution in [2.45, 2.75) is 24.0 Å².